The minimum Gasteiger partial charge on any atom is -0.207 e. The topological polar surface area (TPSA) is 0 Å². The first-order chi connectivity index (χ1) is 5.15. The summed E-state index contributed by atoms with van der Waals surface area (Å²) >= 11 is 1.34. The van der Waals surface area contributed by atoms with Crippen LogP contribution in [0.5, 0.6) is 0 Å². The average Bonchev–Trinajstić information content (AvgIpc) is 1.96. The zero-order valence-electron chi connectivity index (χ0n) is 6.32. The van der Waals surface area contributed by atoms with Gasteiger partial charge in [-0.2, -0.15) is 0 Å². The van der Waals surface area contributed by atoms with Crippen molar-refractivity contribution in [2.24, 2.45) is 0 Å². The van der Waals surface area contributed by atoms with Crippen LogP contribution in [-0.2, 0) is 0 Å². The Balaban J connectivity index is 3.24. The summed E-state index contributed by atoms with van der Waals surface area (Å²) in [4.78, 5) is 0.655. The minimum atomic E-state index is -0.516. The smallest absolute Gasteiger partial charge is 0.130 e. The summed E-state index contributed by atoms with van der Waals surface area (Å²) in [6, 6.07) is 2.23. The Labute approximate surface area is 68.6 Å². The zero-order chi connectivity index (χ0) is 8.43. The van der Waals surface area contributed by atoms with Crippen LogP contribution in [0.1, 0.15) is 5.56 Å². The van der Waals surface area contributed by atoms with E-state index >= 15 is 0 Å². The van der Waals surface area contributed by atoms with Crippen molar-refractivity contribution in [2.45, 2.75) is 11.8 Å². The molecule has 0 saturated heterocycles. The van der Waals surface area contributed by atoms with E-state index in [2.05, 4.69) is 0 Å². The summed E-state index contributed by atoms with van der Waals surface area (Å²) in [5, 5.41) is 0. The van der Waals surface area contributed by atoms with Gasteiger partial charge in [0.2, 0.25) is 0 Å². The number of benzene rings is 1. The van der Waals surface area contributed by atoms with Crippen LogP contribution in [0.15, 0.2) is 17.0 Å². The summed E-state index contributed by atoms with van der Waals surface area (Å²) in [6.07, 6.45) is 1.79. The number of hydrogen-bond acceptors (Lipinski definition) is 1. The maximum atomic E-state index is 12.8. The van der Waals surface area contributed by atoms with Crippen molar-refractivity contribution in [1.82, 2.24) is 0 Å². The lowest BCUT2D eigenvalue weighted by Crippen LogP contribution is -1.87. The van der Waals surface area contributed by atoms with E-state index in [1.165, 1.54) is 17.8 Å². The lowest BCUT2D eigenvalue weighted by atomic mass is 10.2. The van der Waals surface area contributed by atoms with Gasteiger partial charge in [-0.15, -0.1) is 11.8 Å². The molecule has 1 aromatic rings. The van der Waals surface area contributed by atoms with Crippen LogP contribution in [0.25, 0.3) is 0 Å². The van der Waals surface area contributed by atoms with Gasteiger partial charge in [0.15, 0.2) is 0 Å². The monoisotopic (exact) mass is 174 g/mol. The molecule has 60 valence electrons. The Morgan fingerprint density at radius 3 is 2.45 bits per heavy atom. The first kappa shape index (κ1) is 8.53. The van der Waals surface area contributed by atoms with Crippen molar-refractivity contribution in [1.29, 1.82) is 0 Å². The average molecular weight is 174 g/mol. The van der Waals surface area contributed by atoms with E-state index in [-0.39, 0.29) is 0 Å². The number of rotatable bonds is 1. The molecule has 0 nitrogen and oxygen atoms in total. The molecule has 0 heterocycles. The second kappa shape index (κ2) is 3.22. The van der Waals surface area contributed by atoms with Crippen LogP contribution in [0.3, 0.4) is 0 Å². The van der Waals surface area contributed by atoms with E-state index in [0.29, 0.717) is 10.5 Å². The van der Waals surface area contributed by atoms with Crippen molar-refractivity contribution in [3.05, 3.63) is 29.3 Å². The summed E-state index contributed by atoms with van der Waals surface area (Å²) in [5.74, 6) is -0.994. The van der Waals surface area contributed by atoms with Gasteiger partial charge < -0.3 is 0 Å². The highest BCUT2D eigenvalue weighted by atomic mass is 32.2. The van der Waals surface area contributed by atoms with Gasteiger partial charge in [0.1, 0.15) is 11.6 Å². The first-order valence-corrected chi connectivity index (χ1v) is 4.37. The molecule has 0 aliphatic rings. The van der Waals surface area contributed by atoms with Crippen LogP contribution < -0.4 is 0 Å². The van der Waals surface area contributed by atoms with Gasteiger partial charge in [-0.3, -0.25) is 0 Å². The van der Waals surface area contributed by atoms with Gasteiger partial charge in [-0.1, -0.05) is 0 Å². The summed E-state index contributed by atoms with van der Waals surface area (Å²) in [6.45, 7) is 1.64. The normalized spacial score (nSPS) is 10.2. The van der Waals surface area contributed by atoms with Crippen molar-refractivity contribution >= 4 is 11.8 Å². The first-order valence-electron chi connectivity index (χ1n) is 3.15. The molecule has 0 aliphatic carbocycles. The van der Waals surface area contributed by atoms with E-state index in [4.69, 9.17) is 0 Å². The van der Waals surface area contributed by atoms with Gasteiger partial charge in [-0.25, -0.2) is 8.78 Å². The van der Waals surface area contributed by atoms with Crippen molar-refractivity contribution < 1.29 is 8.78 Å². The van der Waals surface area contributed by atoms with Gasteiger partial charge in [0, 0.05) is 11.0 Å². The van der Waals surface area contributed by atoms with Crippen LogP contribution in [0.4, 0.5) is 8.78 Å². The Hall–Kier alpha value is -0.570. The molecule has 1 rings (SSSR count). The molecule has 11 heavy (non-hydrogen) atoms. The molecule has 0 atom stereocenters. The van der Waals surface area contributed by atoms with Crippen LogP contribution in [0, 0.1) is 18.6 Å². The second-order valence-corrected chi connectivity index (χ2v) is 3.06. The third-order valence-electron chi connectivity index (χ3n) is 1.48. The number of thioether (sulfide) groups is 1. The highest BCUT2D eigenvalue weighted by molar-refractivity contribution is 7.98. The maximum absolute atomic E-state index is 12.8. The molecule has 1 aromatic carbocycles. The van der Waals surface area contributed by atoms with Gasteiger partial charge >= 0.3 is 0 Å². The second-order valence-electron chi connectivity index (χ2n) is 2.21. The van der Waals surface area contributed by atoms with E-state index in [1.54, 1.807) is 13.2 Å². The fourth-order valence-electron chi connectivity index (χ4n) is 0.834. The van der Waals surface area contributed by atoms with E-state index in [0.717, 1.165) is 6.07 Å². The van der Waals surface area contributed by atoms with E-state index in [9.17, 15) is 8.78 Å². The van der Waals surface area contributed by atoms with Crippen LogP contribution in [0.2, 0.25) is 0 Å². The van der Waals surface area contributed by atoms with Crippen molar-refractivity contribution in [2.75, 3.05) is 6.26 Å². The Morgan fingerprint density at radius 2 is 1.91 bits per heavy atom. The number of halogens is 2. The molecule has 3 heteroatoms. The van der Waals surface area contributed by atoms with Crippen LogP contribution >= 0.6 is 11.8 Å². The summed E-state index contributed by atoms with van der Waals surface area (Å²) < 4.78 is 25.3. The van der Waals surface area contributed by atoms with Gasteiger partial charge in [-0.05, 0) is 24.8 Å². The molecule has 0 bridgehead atoms. The van der Waals surface area contributed by atoms with Crippen molar-refractivity contribution in [3.63, 3.8) is 0 Å². The Bertz CT molecular complexity index is 271. The Morgan fingerprint density at radius 1 is 1.27 bits per heavy atom. The molecule has 0 N–H and O–H groups in total. The summed E-state index contributed by atoms with van der Waals surface area (Å²) in [7, 11) is 0. The molecular formula is C8H8F2S. The standard InChI is InChI=1S/C8H8F2S/c1-5-7(10)3-6(9)4-8(5)11-2/h3-4H,1-2H3. The quantitative estimate of drug-likeness (QED) is 0.590. The van der Waals surface area contributed by atoms with Crippen molar-refractivity contribution in [3.8, 4) is 0 Å². The molecule has 0 fully saturated rings. The zero-order valence-corrected chi connectivity index (χ0v) is 7.14. The van der Waals surface area contributed by atoms with Crippen LogP contribution in [-0.4, -0.2) is 6.26 Å². The molecule has 0 aromatic heterocycles. The van der Waals surface area contributed by atoms with Gasteiger partial charge in [0.25, 0.3) is 0 Å². The number of hydrogen-bond donors (Lipinski definition) is 0. The molecule has 0 aliphatic heterocycles. The third-order valence-corrected chi connectivity index (χ3v) is 2.35. The SMILES string of the molecule is CSc1cc(F)cc(F)c1C. The summed E-state index contributed by atoms with van der Waals surface area (Å²) in [5.41, 5.74) is 0.513. The maximum Gasteiger partial charge on any atom is 0.130 e. The third kappa shape index (κ3) is 1.71. The largest absolute Gasteiger partial charge is 0.207 e. The fourth-order valence-corrected chi connectivity index (χ4v) is 1.47. The highest BCUT2D eigenvalue weighted by Gasteiger charge is 2.04. The Kier molecular flexibility index (Phi) is 2.49. The molecule has 0 unspecified atom stereocenters. The highest BCUT2D eigenvalue weighted by Crippen LogP contribution is 2.22. The molecule has 0 saturated carbocycles. The lowest BCUT2D eigenvalue weighted by molar-refractivity contribution is 0.570. The predicted octanol–water partition coefficient (Wildman–Crippen LogP) is 3.00. The molecule has 0 amide bonds. The van der Waals surface area contributed by atoms with E-state index in [1.807, 2.05) is 0 Å². The molecule has 0 spiro atoms. The minimum absolute atomic E-state index is 0.477. The predicted molar refractivity (Wildman–Crippen MR) is 42.9 cm³/mol. The van der Waals surface area contributed by atoms with E-state index < -0.39 is 11.6 Å². The lowest BCUT2D eigenvalue weighted by Gasteiger charge is -2.02. The fraction of sp³-hybridized carbons (Fsp3) is 0.250. The molecular weight excluding hydrogens is 166 g/mol. The molecule has 0 radical (unpaired) electrons. The van der Waals surface area contributed by atoms with Gasteiger partial charge in [0.05, 0.1) is 0 Å².